The summed E-state index contributed by atoms with van der Waals surface area (Å²) in [7, 11) is 0. The van der Waals surface area contributed by atoms with Crippen LogP contribution in [0.1, 0.15) is 20.8 Å². The van der Waals surface area contributed by atoms with Gasteiger partial charge in [-0.25, -0.2) is 9.18 Å². The topological polar surface area (TPSA) is 67.4 Å². The molecule has 0 saturated heterocycles. The monoisotopic (exact) mass is 302 g/mol. The average Bonchev–Trinajstić information content (AvgIpc) is 2.28. The second-order valence-corrected chi connectivity index (χ2v) is 5.52. The van der Waals surface area contributed by atoms with Gasteiger partial charge >= 0.3 is 6.03 Å². The first-order valence-electron chi connectivity index (χ1n) is 5.87. The Morgan fingerprint density at radius 3 is 2.55 bits per heavy atom. The van der Waals surface area contributed by atoms with Gasteiger partial charge in [0.2, 0.25) is 0 Å². The van der Waals surface area contributed by atoms with Gasteiger partial charge in [0.15, 0.2) is 6.61 Å². The van der Waals surface area contributed by atoms with Crippen LogP contribution in [0.4, 0.5) is 9.18 Å². The molecule has 0 fully saturated rings. The van der Waals surface area contributed by atoms with E-state index in [4.69, 9.17) is 16.3 Å². The Morgan fingerprint density at radius 1 is 1.35 bits per heavy atom. The fourth-order valence-electron chi connectivity index (χ4n) is 1.25. The van der Waals surface area contributed by atoms with Crippen molar-refractivity contribution in [1.82, 2.24) is 10.6 Å². The molecule has 0 aliphatic heterocycles. The molecule has 0 radical (unpaired) electrons. The molecule has 0 atom stereocenters. The molecule has 0 heterocycles. The van der Waals surface area contributed by atoms with E-state index in [0.29, 0.717) is 0 Å². The van der Waals surface area contributed by atoms with Gasteiger partial charge in [0, 0.05) is 11.6 Å². The normalized spacial score (nSPS) is 10.8. The van der Waals surface area contributed by atoms with Crippen molar-refractivity contribution in [3.8, 4) is 5.75 Å². The van der Waals surface area contributed by atoms with Crippen LogP contribution in [-0.2, 0) is 4.79 Å². The SMILES string of the molecule is CC(C)(C)NC(=O)NC(=O)COc1ccc(F)c(Cl)c1. The zero-order valence-corrected chi connectivity index (χ0v) is 12.2. The average molecular weight is 303 g/mol. The lowest BCUT2D eigenvalue weighted by Gasteiger charge is -2.20. The van der Waals surface area contributed by atoms with Crippen molar-refractivity contribution in [2.75, 3.05) is 6.61 Å². The molecule has 1 rings (SSSR count). The maximum absolute atomic E-state index is 12.9. The van der Waals surface area contributed by atoms with Crippen LogP contribution in [0, 0.1) is 5.82 Å². The number of hydrogen-bond acceptors (Lipinski definition) is 3. The summed E-state index contributed by atoms with van der Waals surface area (Å²) in [6.07, 6.45) is 0. The minimum Gasteiger partial charge on any atom is -0.484 e. The van der Waals surface area contributed by atoms with E-state index in [1.807, 2.05) is 0 Å². The van der Waals surface area contributed by atoms with Crippen LogP contribution < -0.4 is 15.4 Å². The molecule has 0 aliphatic rings. The lowest BCUT2D eigenvalue weighted by atomic mass is 10.1. The maximum Gasteiger partial charge on any atom is 0.321 e. The van der Waals surface area contributed by atoms with Crippen molar-refractivity contribution < 1.29 is 18.7 Å². The molecule has 0 spiro atoms. The fraction of sp³-hybridized carbons (Fsp3) is 0.385. The molecule has 0 saturated carbocycles. The van der Waals surface area contributed by atoms with Crippen molar-refractivity contribution >= 4 is 23.5 Å². The van der Waals surface area contributed by atoms with Gasteiger partial charge in [-0.05, 0) is 32.9 Å². The van der Waals surface area contributed by atoms with Crippen LogP contribution in [0.3, 0.4) is 0 Å². The second kappa shape index (κ2) is 6.56. The number of ether oxygens (including phenoxy) is 1. The van der Waals surface area contributed by atoms with Gasteiger partial charge in [-0.3, -0.25) is 10.1 Å². The van der Waals surface area contributed by atoms with Gasteiger partial charge in [0.05, 0.1) is 5.02 Å². The molecule has 1 aromatic carbocycles. The number of urea groups is 1. The summed E-state index contributed by atoms with van der Waals surface area (Å²) < 4.78 is 18.0. The van der Waals surface area contributed by atoms with Crippen LogP contribution in [0.5, 0.6) is 5.75 Å². The van der Waals surface area contributed by atoms with Crippen LogP contribution in [0.2, 0.25) is 5.02 Å². The Balaban J connectivity index is 2.43. The molecule has 0 bridgehead atoms. The Labute approximate surface area is 121 Å². The number of rotatable bonds is 3. The summed E-state index contributed by atoms with van der Waals surface area (Å²) in [5, 5.41) is 4.58. The van der Waals surface area contributed by atoms with Gasteiger partial charge in [0.25, 0.3) is 5.91 Å². The van der Waals surface area contributed by atoms with Crippen molar-refractivity contribution in [2.24, 2.45) is 0 Å². The maximum atomic E-state index is 12.9. The Bertz CT molecular complexity index is 515. The standard InChI is InChI=1S/C13H16ClFN2O3/c1-13(2,3)17-12(19)16-11(18)7-20-8-4-5-10(15)9(14)6-8/h4-6H,7H2,1-3H3,(H2,16,17,18,19). The van der Waals surface area contributed by atoms with Gasteiger partial charge < -0.3 is 10.1 Å². The molecule has 3 amide bonds. The van der Waals surface area contributed by atoms with E-state index in [0.717, 1.165) is 6.07 Å². The molecule has 1 aromatic rings. The van der Waals surface area contributed by atoms with Crippen LogP contribution in [0.25, 0.3) is 0 Å². The van der Waals surface area contributed by atoms with E-state index < -0.39 is 23.3 Å². The van der Waals surface area contributed by atoms with Crippen LogP contribution in [-0.4, -0.2) is 24.1 Å². The van der Waals surface area contributed by atoms with Gasteiger partial charge in [-0.15, -0.1) is 0 Å². The van der Waals surface area contributed by atoms with Crippen LogP contribution in [0.15, 0.2) is 18.2 Å². The first-order valence-corrected chi connectivity index (χ1v) is 6.25. The van der Waals surface area contributed by atoms with Gasteiger partial charge in [-0.2, -0.15) is 0 Å². The third-order valence-corrected chi connectivity index (χ3v) is 2.29. The Hall–Kier alpha value is -1.82. The Morgan fingerprint density at radius 2 is 2.00 bits per heavy atom. The van der Waals surface area contributed by atoms with E-state index >= 15 is 0 Å². The minimum absolute atomic E-state index is 0.103. The fourth-order valence-corrected chi connectivity index (χ4v) is 1.42. The molecule has 20 heavy (non-hydrogen) atoms. The van der Waals surface area contributed by atoms with Gasteiger partial charge in [0.1, 0.15) is 11.6 Å². The highest BCUT2D eigenvalue weighted by molar-refractivity contribution is 6.30. The molecule has 5 nitrogen and oxygen atoms in total. The lowest BCUT2D eigenvalue weighted by molar-refractivity contribution is -0.122. The third-order valence-electron chi connectivity index (χ3n) is 2.00. The van der Waals surface area contributed by atoms with E-state index in [-0.39, 0.29) is 17.4 Å². The Kier molecular flexibility index (Phi) is 5.33. The second-order valence-electron chi connectivity index (χ2n) is 5.12. The third kappa shape index (κ3) is 5.88. The highest BCUT2D eigenvalue weighted by Crippen LogP contribution is 2.20. The summed E-state index contributed by atoms with van der Waals surface area (Å²) >= 11 is 5.57. The predicted molar refractivity (Wildman–Crippen MR) is 73.3 cm³/mol. The molecule has 110 valence electrons. The highest BCUT2D eigenvalue weighted by atomic mass is 35.5. The first kappa shape index (κ1) is 16.2. The van der Waals surface area contributed by atoms with Crippen molar-refractivity contribution in [3.63, 3.8) is 0 Å². The molecular formula is C13H16ClFN2O3. The number of halogens is 2. The van der Waals surface area contributed by atoms with Gasteiger partial charge in [-0.1, -0.05) is 11.6 Å². The zero-order valence-electron chi connectivity index (χ0n) is 11.4. The van der Waals surface area contributed by atoms with Crippen LogP contribution >= 0.6 is 11.6 Å². The predicted octanol–water partition coefficient (Wildman–Crippen LogP) is 2.48. The number of benzene rings is 1. The quantitative estimate of drug-likeness (QED) is 0.901. The number of carbonyl (C=O) groups is 2. The molecule has 7 heteroatoms. The number of carbonyl (C=O) groups excluding carboxylic acids is 2. The number of nitrogens with one attached hydrogen (secondary N) is 2. The lowest BCUT2D eigenvalue weighted by Crippen LogP contribution is -2.49. The van der Waals surface area contributed by atoms with E-state index in [1.165, 1.54) is 12.1 Å². The smallest absolute Gasteiger partial charge is 0.321 e. The zero-order chi connectivity index (χ0) is 15.3. The van der Waals surface area contributed by atoms with E-state index in [9.17, 15) is 14.0 Å². The van der Waals surface area contributed by atoms with Crippen molar-refractivity contribution in [3.05, 3.63) is 29.0 Å². The molecule has 0 aromatic heterocycles. The summed E-state index contributed by atoms with van der Waals surface area (Å²) in [5.41, 5.74) is -0.449. The minimum atomic E-state index is -0.618. The summed E-state index contributed by atoms with van der Waals surface area (Å²) in [6.45, 7) is 4.98. The number of imide groups is 1. The summed E-state index contributed by atoms with van der Waals surface area (Å²) in [5.74, 6) is -0.956. The summed E-state index contributed by atoms with van der Waals surface area (Å²) in [4.78, 5) is 22.9. The largest absolute Gasteiger partial charge is 0.484 e. The number of hydrogen-bond donors (Lipinski definition) is 2. The first-order chi connectivity index (χ1) is 9.17. The number of amides is 3. The highest BCUT2D eigenvalue weighted by Gasteiger charge is 2.15. The molecule has 0 aliphatic carbocycles. The summed E-state index contributed by atoms with van der Waals surface area (Å²) in [6, 6.07) is 3.11. The molecule has 0 unspecified atom stereocenters. The van der Waals surface area contributed by atoms with Crippen molar-refractivity contribution in [1.29, 1.82) is 0 Å². The molecular weight excluding hydrogens is 287 g/mol. The van der Waals surface area contributed by atoms with Crippen molar-refractivity contribution in [2.45, 2.75) is 26.3 Å². The van der Waals surface area contributed by atoms with E-state index in [1.54, 1.807) is 20.8 Å². The van der Waals surface area contributed by atoms with E-state index in [2.05, 4.69) is 10.6 Å². The molecule has 2 N–H and O–H groups in total.